The molecule has 0 unspecified atom stereocenters. The molecule has 3 nitrogen and oxygen atoms in total. The van der Waals surface area contributed by atoms with Crippen molar-refractivity contribution in [2.75, 3.05) is 0 Å². The fourth-order valence-corrected chi connectivity index (χ4v) is 0.215. The molecule has 0 aromatic carbocycles. The maximum atomic E-state index is 3.67. The van der Waals surface area contributed by atoms with Crippen molar-refractivity contribution in [3.63, 3.8) is 0 Å². The second-order valence-corrected chi connectivity index (χ2v) is 0.761. The van der Waals surface area contributed by atoms with Gasteiger partial charge in [0, 0.05) is 12.4 Å². The Balaban J connectivity index is 0. The van der Waals surface area contributed by atoms with Crippen molar-refractivity contribution in [3.8, 4) is 0 Å². The van der Waals surface area contributed by atoms with Gasteiger partial charge in [-0.15, -0.1) is 0 Å². The maximum Gasteiger partial charge on any atom is 0.0919 e. The molecule has 1 heterocycles. The number of nitrogens with one attached hydrogen (secondary N) is 1. The number of nitrogens with zero attached hydrogens (tertiary/aromatic N) is 1. The Kier molecular flexibility index (Phi) is 12.1. The molecule has 48 valence electrons. The SMILES string of the molecule is CC.N.c1c[nH]cn1. The minimum atomic E-state index is 0. The number of imidazole rings is 1. The van der Waals surface area contributed by atoms with Crippen molar-refractivity contribution in [1.82, 2.24) is 16.1 Å². The highest BCUT2D eigenvalue weighted by Gasteiger charge is 1.56. The Morgan fingerprint density at radius 3 is 2.12 bits per heavy atom. The highest BCUT2D eigenvalue weighted by atomic mass is 14.8. The van der Waals surface area contributed by atoms with Gasteiger partial charge in [-0.25, -0.2) is 4.98 Å². The van der Waals surface area contributed by atoms with E-state index in [1.807, 2.05) is 13.8 Å². The third-order valence-electron chi connectivity index (χ3n) is 0.406. The Hall–Kier alpha value is -0.830. The van der Waals surface area contributed by atoms with E-state index in [4.69, 9.17) is 0 Å². The molecule has 0 radical (unpaired) electrons. The zero-order chi connectivity index (χ0) is 5.54. The van der Waals surface area contributed by atoms with Crippen LogP contribution in [0.5, 0.6) is 0 Å². The third-order valence-corrected chi connectivity index (χ3v) is 0.406. The van der Waals surface area contributed by atoms with E-state index in [0.29, 0.717) is 0 Å². The number of aromatic nitrogens is 2. The fraction of sp³-hybridized carbons (Fsp3) is 0.400. The van der Waals surface area contributed by atoms with Gasteiger partial charge in [0.2, 0.25) is 0 Å². The molecule has 3 heteroatoms. The van der Waals surface area contributed by atoms with Gasteiger partial charge in [0.1, 0.15) is 0 Å². The van der Waals surface area contributed by atoms with Crippen LogP contribution < -0.4 is 6.15 Å². The van der Waals surface area contributed by atoms with E-state index in [-0.39, 0.29) is 6.15 Å². The normalized spacial score (nSPS) is 5.75. The minimum Gasteiger partial charge on any atom is -0.351 e. The first-order chi connectivity index (χ1) is 3.50. The zero-order valence-electron chi connectivity index (χ0n) is 5.39. The van der Waals surface area contributed by atoms with Crippen LogP contribution in [0.2, 0.25) is 0 Å². The van der Waals surface area contributed by atoms with Crippen molar-refractivity contribution >= 4 is 0 Å². The molecule has 0 aliphatic rings. The number of aromatic amines is 1. The van der Waals surface area contributed by atoms with E-state index >= 15 is 0 Å². The van der Waals surface area contributed by atoms with Crippen LogP contribution in [0.3, 0.4) is 0 Å². The smallest absolute Gasteiger partial charge is 0.0919 e. The number of hydrogen-bond acceptors (Lipinski definition) is 2. The van der Waals surface area contributed by atoms with E-state index in [1.54, 1.807) is 18.7 Å². The summed E-state index contributed by atoms with van der Waals surface area (Å²) < 4.78 is 0. The Bertz CT molecular complexity index is 64.2. The van der Waals surface area contributed by atoms with Crippen LogP contribution in [-0.4, -0.2) is 9.97 Å². The largest absolute Gasteiger partial charge is 0.351 e. The molecule has 0 saturated heterocycles. The summed E-state index contributed by atoms with van der Waals surface area (Å²) in [6.45, 7) is 4.00. The van der Waals surface area contributed by atoms with E-state index < -0.39 is 0 Å². The van der Waals surface area contributed by atoms with E-state index in [9.17, 15) is 0 Å². The standard InChI is InChI=1S/C3H4N2.C2H6.H3N/c1-2-5-3-4-1;1-2;/h1-3H,(H,4,5);1-2H3;1H3. The molecule has 0 amide bonds. The molecule has 8 heavy (non-hydrogen) atoms. The Labute approximate surface area is 49.7 Å². The lowest BCUT2D eigenvalue weighted by Gasteiger charge is -1.46. The van der Waals surface area contributed by atoms with Crippen LogP contribution in [-0.2, 0) is 0 Å². The van der Waals surface area contributed by atoms with Crippen molar-refractivity contribution in [3.05, 3.63) is 18.7 Å². The summed E-state index contributed by atoms with van der Waals surface area (Å²) in [7, 11) is 0. The summed E-state index contributed by atoms with van der Waals surface area (Å²) in [5.74, 6) is 0. The fourth-order valence-electron chi connectivity index (χ4n) is 0.215. The topological polar surface area (TPSA) is 63.7 Å². The Morgan fingerprint density at radius 2 is 2.00 bits per heavy atom. The molecule has 0 aliphatic heterocycles. The lowest BCUT2D eigenvalue weighted by atomic mass is 11.0. The summed E-state index contributed by atoms with van der Waals surface area (Å²) in [6.07, 6.45) is 5.08. The van der Waals surface area contributed by atoms with Crippen LogP contribution in [0.15, 0.2) is 18.7 Å². The maximum absolute atomic E-state index is 3.67. The van der Waals surface area contributed by atoms with Gasteiger partial charge < -0.3 is 11.1 Å². The molecular weight excluding hydrogens is 102 g/mol. The van der Waals surface area contributed by atoms with Crippen LogP contribution in [0, 0.1) is 0 Å². The molecule has 0 saturated carbocycles. The molecule has 1 aromatic heterocycles. The Morgan fingerprint density at radius 1 is 1.38 bits per heavy atom. The molecule has 4 N–H and O–H groups in total. The van der Waals surface area contributed by atoms with Gasteiger partial charge in [0.15, 0.2) is 0 Å². The first-order valence-electron chi connectivity index (χ1n) is 2.43. The predicted octanol–water partition coefficient (Wildman–Crippen LogP) is 1.60. The van der Waals surface area contributed by atoms with Crippen LogP contribution >= 0.6 is 0 Å². The first kappa shape index (κ1) is 10.2. The van der Waals surface area contributed by atoms with Gasteiger partial charge in [0.05, 0.1) is 6.33 Å². The van der Waals surface area contributed by atoms with Crippen molar-refractivity contribution < 1.29 is 0 Å². The summed E-state index contributed by atoms with van der Waals surface area (Å²) in [6, 6.07) is 0. The number of rotatable bonds is 0. The quantitative estimate of drug-likeness (QED) is 0.539. The lowest BCUT2D eigenvalue weighted by molar-refractivity contribution is 1.31. The van der Waals surface area contributed by atoms with E-state index in [2.05, 4.69) is 9.97 Å². The van der Waals surface area contributed by atoms with Crippen molar-refractivity contribution in [2.24, 2.45) is 0 Å². The van der Waals surface area contributed by atoms with Gasteiger partial charge in [-0.1, -0.05) is 13.8 Å². The van der Waals surface area contributed by atoms with Gasteiger partial charge in [-0.2, -0.15) is 0 Å². The molecule has 0 bridgehead atoms. The third kappa shape index (κ3) is 5.17. The summed E-state index contributed by atoms with van der Waals surface area (Å²) >= 11 is 0. The minimum absolute atomic E-state index is 0. The molecule has 1 rings (SSSR count). The highest BCUT2D eigenvalue weighted by molar-refractivity contribution is 4.64. The summed E-state index contributed by atoms with van der Waals surface area (Å²) in [5.41, 5.74) is 0. The molecule has 0 atom stereocenters. The second-order valence-electron chi connectivity index (χ2n) is 0.761. The summed E-state index contributed by atoms with van der Waals surface area (Å²) in [5, 5.41) is 0. The van der Waals surface area contributed by atoms with E-state index in [0.717, 1.165) is 0 Å². The van der Waals surface area contributed by atoms with Crippen LogP contribution in [0.1, 0.15) is 13.8 Å². The predicted molar refractivity (Wildman–Crippen MR) is 35.0 cm³/mol. The van der Waals surface area contributed by atoms with Crippen molar-refractivity contribution in [1.29, 1.82) is 0 Å². The monoisotopic (exact) mass is 115 g/mol. The zero-order valence-corrected chi connectivity index (χ0v) is 5.39. The molecular formula is C5H13N3. The average molecular weight is 115 g/mol. The first-order valence-corrected chi connectivity index (χ1v) is 2.43. The van der Waals surface area contributed by atoms with Gasteiger partial charge >= 0.3 is 0 Å². The second kappa shape index (κ2) is 9.48. The molecule has 0 aliphatic carbocycles. The van der Waals surface area contributed by atoms with Gasteiger partial charge in [-0.3, -0.25) is 0 Å². The number of H-pyrrole nitrogens is 1. The van der Waals surface area contributed by atoms with Crippen LogP contribution in [0.4, 0.5) is 0 Å². The van der Waals surface area contributed by atoms with Gasteiger partial charge in [-0.05, 0) is 0 Å². The molecule has 0 fully saturated rings. The summed E-state index contributed by atoms with van der Waals surface area (Å²) in [4.78, 5) is 6.42. The number of hydrogen-bond donors (Lipinski definition) is 2. The molecule has 0 spiro atoms. The lowest BCUT2D eigenvalue weighted by Crippen LogP contribution is -1.44. The molecule has 1 aromatic rings. The average Bonchev–Trinajstić information content (AvgIpc) is 2.23. The van der Waals surface area contributed by atoms with E-state index in [1.165, 1.54) is 0 Å². The van der Waals surface area contributed by atoms with Crippen LogP contribution in [0.25, 0.3) is 0 Å². The van der Waals surface area contributed by atoms with Crippen molar-refractivity contribution in [2.45, 2.75) is 13.8 Å². The highest BCUT2D eigenvalue weighted by Crippen LogP contribution is 1.62. The van der Waals surface area contributed by atoms with Gasteiger partial charge in [0.25, 0.3) is 0 Å².